The van der Waals surface area contributed by atoms with E-state index in [2.05, 4.69) is 63.8 Å². The summed E-state index contributed by atoms with van der Waals surface area (Å²) in [5.74, 6) is 0.783. The van der Waals surface area contributed by atoms with Crippen LogP contribution in [0.5, 0.6) is 5.75 Å². The van der Waals surface area contributed by atoms with Crippen LogP contribution in [-0.2, 0) is 9.59 Å². The van der Waals surface area contributed by atoms with E-state index in [1.54, 1.807) is 18.0 Å². The standard InChI is InChI=1S/C32H36N2O3.2C2H6/c1-7-23-18-29-26(17-25(23)16-20(2)3)30-21(4)31(24-12-8-9-13-24)33-32(27(30)19-37-29)28(36)14-10-11-15-34(6)22(5)35;2*1-2/h7-8,10,12-14,16-18,21,31H,1,9,11,15,19H2,2-6H3;2*1-2H3/b14-10+;;. The number of benzene rings is 1. The number of hydrogen-bond acceptors (Lipinski definition) is 4. The Morgan fingerprint density at radius 2 is 1.83 bits per heavy atom. The van der Waals surface area contributed by atoms with Crippen LogP contribution in [0.25, 0.3) is 17.7 Å². The van der Waals surface area contributed by atoms with Gasteiger partial charge in [0.05, 0.1) is 6.04 Å². The third-order valence-corrected chi connectivity index (χ3v) is 7.13. The normalized spacial score (nSPS) is 18.4. The number of dihydropyridines is 1. The molecule has 1 aromatic carbocycles. The van der Waals surface area contributed by atoms with Gasteiger partial charge in [0.25, 0.3) is 0 Å². The molecule has 1 amide bonds. The Morgan fingerprint density at radius 1 is 1.12 bits per heavy atom. The molecule has 0 bridgehead atoms. The van der Waals surface area contributed by atoms with Gasteiger partial charge in [-0.25, -0.2) is 0 Å². The molecule has 0 aromatic heterocycles. The van der Waals surface area contributed by atoms with Gasteiger partial charge >= 0.3 is 0 Å². The molecule has 0 saturated carbocycles. The minimum Gasteiger partial charge on any atom is -0.488 e. The minimum atomic E-state index is -0.134. The van der Waals surface area contributed by atoms with E-state index in [0.29, 0.717) is 25.3 Å². The molecule has 3 aliphatic rings. The van der Waals surface area contributed by atoms with Gasteiger partial charge in [0, 0.05) is 37.6 Å². The highest BCUT2D eigenvalue weighted by atomic mass is 16.5. The zero-order valence-corrected chi connectivity index (χ0v) is 26.5. The number of aliphatic imine (C=N–C) groups is 1. The smallest absolute Gasteiger partial charge is 0.219 e. The number of nitrogens with zero attached hydrogens (tertiary/aromatic N) is 2. The van der Waals surface area contributed by atoms with Crippen molar-refractivity contribution in [2.24, 2.45) is 10.9 Å². The summed E-state index contributed by atoms with van der Waals surface area (Å²) < 4.78 is 6.21. The maximum Gasteiger partial charge on any atom is 0.219 e. The molecule has 0 spiro atoms. The summed E-state index contributed by atoms with van der Waals surface area (Å²) in [4.78, 5) is 31.6. The van der Waals surface area contributed by atoms with E-state index in [9.17, 15) is 9.59 Å². The lowest BCUT2D eigenvalue weighted by molar-refractivity contribution is -0.127. The van der Waals surface area contributed by atoms with Crippen molar-refractivity contribution >= 4 is 35.1 Å². The predicted molar refractivity (Wildman–Crippen MR) is 175 cm³/mol. The van der Waals surface area contributed by atoms with Crippen molar-refractivity contribution in [2.75, 3.05) is 20.2 Å². The third kappa shape index (κ3) is 7.93. The Hall–Kier alpha value is -3.73. The summed E-state index contributed by atoms with van der Waals surface area (Å²) >= 11 is 0. The van der Waals surface area contributed by atoms with Gasteiger partial charge in [0.2, 0.25) is 11.7 Å². The highest BCUT2D eigenvalue weighted by Gasteiger charge is 2.38. The molecule has 2 atom stereocenters. The van der Waals surface area contributed by atoms with Crippen molar-refractivity contribution < 1.29 is 14.3 Å². The summed E-state index contributed by atoms with van der Waals surface area (Å²) in [5, 5.41) is 0. The van der Waals surface area contributed by atoms with Crippen LogP contribution in [0.2, 0.25) is 0 Å². The molecule has 0 N–H and O–H groups in total. The monoisotopic (exact) mass is 556 g/mol. The van der Waals surface area contributed by atoms with Crippen molar-refractivity contribution in [3.05, 3.63) is 82.5 Å². The molecule has 2 heterocycles. The Bertz CT molecular complexity index is 1320. The maximum atomic E-state index is 13.5. The number of allylic oxidation sites excluding steroid dienone is 4. The number of carbonyl (C=O) groups is 2. The van der Waals surface area contributed by atoms with Crippen LogP contribution in [0.3, 0.4) is 0 Å². The molecule has 5 nitrogen and oxygen atoms in total. The minimum absolute atomic E-state index is 0.00557. The number of ether oxygens (including phenoxy) is 1. The highest BCUT2D eigenvalue weighted by Crippen LogP contribution is 2.45. The molecule has 0 fully saturated rings. The number of fused-ring (bicyclic) bond motifs is 2. The molecule has 220 valence electrons. The van der Waals surface area contributed by atoms with E-state index in [4.69, 9.17) is 9.73 Å². The first-order valence-electron chi connectivity index (χ1n) is 14.9. The van der Waals surface area contributed by atoms with Crippen molar-refractivity contribution in [1.82, 2.24) is 4.90 Å². The molecule has 1 aliphatic carbocycles. The van der Waals surface area contributed by atoms with Crippen molar-refractivity contribution in [1.29, 1.82) is 0 Å². The molecule has 4 rings (SSSR count). The quantitative estimate of drug-likeness (QED) is 0.303. The lowest BCUT2D eigenvalue weighted by Gasteiger charge is -2.35. The van der Waals surface area contributed by atoms with E-state index in [-0.39, 0.29) is 23.7 Å². The Labute approximate surface area is 247 Å². The predicted octanol–water partition coefficient (Wildman–Crippen LogP) is 8.29. The fourth-order valence-corrected chi connectivity index (χ4v) is 5.11. The van der Waals surface area contributed by atoms with Gasteiger partial charge in [-0.3, -0.25) is 14.6 Å². The molecule has 5 heteroatoms. The van der Waals surface area contributed by atoms with Crippen LogP contribution in [0.4, 0.5) is 0 Å². The van der Waals surface area contributed by atoms with Crippen molar-refractivity contribution in [3.63, 3.8) is 0 Å². The fourth-order valence-electron chi connectivity index (χ4n) is 5.11. The lowest BCUT2D eigenvalue weighted by atomic mass is 9.76. The second kappa shape index (κ2) is 15.9. The highest BCUT2D eigenvalue weighted by molar-refractivity contribution is 6.51. The molecule has 2 unspecified atom stereocenters. The maximum absolute atomic E-state index is 13.5. The number of rotatable bonds is 8. The Kier molecular flexibility index (Phi) is 13.0. The molecular formula is C36H48N2O3. The van der Waals surface area contributed by atoms with Gasteiger partial charge in [0.1, 0.15) is 18.1 Å². The second-order valence-electron chi connectivity index (χ2n) is 10.1. The zero-order chi connectivity index (χ0) is 30.7. The van der Waals surface area contributed by atoms with Crippen molar-refractivity contribution in [2.45, 2.75) is 74.3 Å². The van der Waals surface area contributed by atoms with E-state index < -0.39 is 0 Å². The Morgan fingerprint density at radius 3 is 2.41 bits per heavy atom. The molecular weight excluding hydrogens is 508 g/mol. The first kappa shape index (κ1) is 33.5. The number of amides is 1. The average molecular weight is 557 g/mol. The summed E-state index contributed by atoms with van der Waals surface area (Å²) in [6.07, 6.45) is 15.4. The third-order valence-electron chi connectivity index (χ3n) is 7.13. The summed E-state index contributed by atoms with van der Waals surface area (Å²) in [5.41, 5.74) is 7.94. The van der Waals surface area contributed by atoms with Gasteiger partial charge in [-0.15, -0.1) is 0 Å². The molecule has 2 aliphatic heterocycles. The second-order valence-corrected chi connectivity index (χ2v) is 10.1. The first-order valence-corrected chi connectivity index (χ1v) is 14.9. The summed E-state index contributed by atoms with van der Waals surface area (Å²) in [6.45, 7) is 20.8. The zero-order valence-electron chi connectivity index (χ0n) is 26.5. The van der Waals surface area contributed by atoms with Crippen LogP contribution in [0, 0.1) is 5.92 Å². The topological polar surface area (TPSA) is 59.0 Å². The Balaban J connectivity index is 0.00000141. The number of carbonyl (C=O) groups excluding carboxylic acids is 2. The summed E-state index contributed by atoms with van der Waals surface area (Å²) in [7, 11) is 1.76. The first-order chi connectivity index (χ1) is 19.7. The molecule has 1 aromatic rings. The largest absolute Gasteiger partial charge is 0.488 e. The number of ketones is 1. The van der Waals surface area contributed by atoms with E-state index in [0.717, 1.165) is 45.6 Å². The van der Waals surface area contributed by atoms with Gasteiger partial charge < -0.3 is 9.64 Å². The van der Waals surface area contributed by atoms with E-state index in [1.807, 2.05) is 39.8 Å². The van der Waals surface area contributed by atoms with Crippen LogP contribution < -0.4 is 4.74 Å². The van der Waals surface area contributed by atoms with Crippen LogP contribution in [0.1, 0.15) is 84.9 Å². The molecule has 0 saturated heterocycles. The number of hydrogen-bond donors (Lipinski definition) is 0. The SMILES string of the molecule is C=Cc1cc2c(cc1C=C(C)C)C1=C(CO2)C(C(=O)/C=C/CCN(C)C(C)=O)=NC(C2=CCC=C2)C1C.CC.CC. The molecule has 0 radical (unpaired) electrons. The lowest BCUT2D eigenvalue weighted by Crippen LogP contribution is -2.35. The van der Waals surface area contributed by atoms with E-state index >= 15 is 0 Å². The van der Waals surface area contributed by atoms with E-state index in [1.165, 1.54) is 12.5 Å². The van der Waals surface area contributed by atoms with Crippen molar-refractivity contribution in [3.8, 4) is 5.75 Å². The van der Waals surface area contributed by atoms with Gasteiger partial charge in [-0.1, -0.05) is 83.2 Å². The van der Waals surface area contributed by atoms with Gasteiger partial charge in [-0.05, 0) is 67.2 Å². The summed E-state index contributed by atoms with van der Waals surface area (Å²) in [6, 6.07) is 4.09. The fraction of sp³-hybridized carbons (Fsp3) is 0.417. The van der Waals surface area contributed by atoms with Crippen LogP contribution in [-0.4, -0.2) is 48.5 Å². The average Bonchev–Trinajstić information content (AvgIpc) is 3.51. The van der Waals surface area contributed by atoms with Gasteiger partial charge in [-0.2, -0.15) is 0 Å². The molecule has 41 heavy (non-hydrogen) atoms. The van der Waals surface area contributed by atoms with Gasteiger partial charge in [0.15, 0.2) is 0 Å². The van der Waals surface area contributed by atoms with Crippen LogP contribution >= 0.6 is 0 Å². The van der Waals surface area contributed by atoms with Crippen LogP contribution in [0.15, 0.2) is 70.8 Å².